The van der Waals surface area contributed by atoms with Crippen LogP contribution < -0.4 is 18.9 Å². The molecule has 4 aromatic carbocycles. The summed E-state index contributed by atoms with van der Waals surface area (Å²) in [5, 5.41) is 0. The zero-order valence-corrected chi connectivity index (χ0v) is 36.7. The minimum atomic E-state index is -0.0482. The molecule has 0 aliphatic heterocycles. The summed E-state index contributed by atoms with van der Waals surface area (Å²) in [4.78, 5) is 0. The fourth-order valence-electron chi connectivity index (χ4n) is 10.6. The maximum absolute atomic E-state index is 5.88. The molecule has 0 amide bonds. The lowest BCUT2D eigenvalue weighted by Gasteiger charge is -2.47. The van der Waals surface area contributed by atoms with Gasteiger partial charge in [-0.15, -0.1) is 0 Å². The first-order valence-corrected chi connectivity index (χ1v) is 21.6. The van der Waals surface area contributed by atoms with Crippen LogP contribution in [0.2, 0.25) is 0 Å². The lowest BCUT2D eigenvalue weighted by molar-refractivity contribution is 0.140. The normalized spacial score (nSPS) is 17.5. The molecule has 302 valence electrons. The summed E-state index contributed by atoms with van der Waals surface area (Å²) in [6.07, 6.45) is 9.57. The van der Waals surface area contributed by atoms with Gasteiger partial charge < -0.3 is 18.9 Å². The molecule has 2 aliphatic rings. The summed E-state index contributed by atoms with van der Waals surface area (Å²) < 4.78 is 23.5. The van der Waals surface area contributed by atoms with Crippen molar-refractivity contribution in [3.05, 3.63) is 117 Å². The van der Waals surface area contributed by atoms with Crippen LogP contribution in [0.3, 0.4) is 0 Å². The third kappa shape index (κ3) is 7.84. The van der Waals surface area contributed by atoms with E-state index in [1.54, 1.807) is 28.4 Å². The van der Waals surface area contributed by atoms with Crippen LogP contribution in [0.15, 0.2) is 72.8 Å². The molecule has 0 spiro atoms. The van der Waals surface area contributed by atoms with Gasteiger partial charge >= 0.3 is 0 Å². The first-order valence-electron chi connectivity index (χ1n) is 21.6. The van der Waals surface area contributed by atoms with Gasteiger partial charge in [-0.2, -0.15) is 0 Å². The molecule has 0 atom stereocenters. The van der Waals surface area contributed by atoms with Crippen molar-refractivity contribution in [2.24, 2.45) is 11.8 Å². The first-order chi connectivity index (χ1) is 26.8. The van der Waals surface area contributed by atoms with Gasteiger partial charge in [0.25, 0.3) is 0 Å². The Balaban J connectivity index is 1.34. The number of ether oxygens (including phenoxy) is 4. The van der Waals surface area contributed by atoms with Gasteiger partial charge in [-0.1, -0.05) is 104 Å². The van der Waals surface area contributed by atoms with Crippen molar-refractivity contribution < 1.29 is 18.9 Å². The SMILES string of the molecule is COc1ccc(C2(c3ccc(OC)c(C(C)C)c3)CCC(C3CCC(c4ccc(OC)c(C(C)C)c4)(c4ccc(OC)c(C(C)C)c4)CC3)CC2)cc1C(C)C. The van der Waals surface area contributed by atoms with Gasteiger partial charge in [-0.05, 0) is 156 Å². The molecule has 0 aromatic heterocycles. The molecule has 2 saturated carbocycles. The standard InChI is InChI=1S/C52H70O4/c1-33(2)43-29-39(13-17-47(43)53-9)51(40-14-18-48(54-10)44(30-40)34(3)4)25-21-37(22-26-51)38-23-27-52(28-24-38,41-15-19-49(55-11)45(31-41)35(5)6)42-16-20-50(56-12)46(32-42)36(7)8/h13-20,29-38H,21-28H2,1-12H3. The minimum Gasteiger partial charge on any atom is -0.496 e. The third-order valence-corrected chi connectivity index (χ3v) is 14.1. The van der Waals surface area contributed by atoms with Gasteiger partial charge in [-0.3, -0.25) is 0 Å². The average molecular weight is 759 g/mol. The van der Waals surface area contributed by atoms with Crippen molar-refractivity contribution in [1.29, 1.82) is 0 Å². The Labute approximate surface area is 339 Å². The van der Waals surface area contributed by atoms with Crippen LogP contribution >= 0.6 is 0 Å². The molecule has 4 aromatic rings. The molecule has 2 aliphatic carbocycles. The summed E-state index contributed by atoms with van der Waals surface area (Å²) in [5.41, 5.74) is 10.8. The van der Waals surface area contributed by atoms with E-state index in [-0.39, 0.29) is 10.8 Å². The molecule has 4 heteroatoms. The van der Waals surface area contributed by atoms with E-state index < -0.39 is 0 Å². The highest BCUT2D eigenvalue weighted by Gasteiger charge is 2.45. The Morgan fingerprint density at radius 1 is 0.375 bits per heavy atom. The summed E-state index contributed by atoms with van der Waals surface area (Å²) >= 11 is 0. The molecular weight excluding hydrogens is 689 g/mol. The van der Waals surface area contributed by atoms with E-state index in [1.165, 1.54) is 70.2 Å². The lowest BCUT2D eigenvalue weighted by Crippen LogP contribution is -2.39. The maximum atomic E-state index is 5.88. The van der Waals surface area contributed by atoms with E-state index in [9.17, 15) is 0 Å². The van der Waals surface area contributed by atoms with Gasteiger partial charge in [0.1, 0.15) is 23.0 Å². The van der Waals surface area contributed by atoms with Crippen molar-refractivity contribution in [1.82, 2.24) is 0 Å². The van der Waals surface area contributed by atoms with Crippen LogP contribution in [0.25, 0.3) is 0 Å². The van der Waals surface area contributed by atoms with Crippen molar-refractivity contribution in [2.75, 3.05) is 28.4 Å². The Kier molecular flexibility index (Phi) is 12.9. The van der Waals surface area contributed by atoms with Gasteiger partial charge in [0.2, 0.25) is 0 Å². The van der Waals surface area contributed by atoms with E-state index in [0.717, 1.165) is 60.5 Å². The second-order valence-electron chi connectivity index (χ2n) is 18.3. The smallest absolute Gasteiger partial charge is 0.122 e. The number of rotatable bonds is 13. The monoisotopic (exact) mass is 759 g/mol. The predicted molar refractivity (Wildman–Crippen MR) is 234 cm³/mol. The number of benzene rings is 4. The van der Waals surface area contributed by atoms with Crippen molar-refractivity contribution >= 4 is 0 Å². The molecule has 56 heavy (non-hydrogen) atoms. The van der Waals surface area contributed by atoms with E-state index in [4.69, 9.17) is 18.9 Å². The van der Waals surface area contributed by atoms with Crippen molar-refractivity contribution in [3.63, 3.8) is 0 Å². The quantitative estimate of drug-likeness (QED) is 0.136. The molecule has 0 N–H and O–H groups in total. The second kappa shape index (κ2) is 17.3. The molecule has 2 fully saturated rings. The van der Waals surface area contributed by atoms with Crippen LogP contribution in [-0.4, -0.2) is 28.4 Å². The van der Waals surface area contributed by atoms with Gasteiger partial charge in [-0.25, -0.2) is 0 Å². The van der Waals surface area contributed by atoms with Gasteiger partial charge in [0.05, 0.1) is 28.4 Å². The molecular formula is C52H70O4. The van der Waals surface area contributed by atoms with Crippen molar-refractivity contribution in [3.8, 4) is 23.0 Å². The fourth-order valence-corrected chi connectivity index (χ4v) is 10.6. The Hall–Kier alpha value is -3.92. The summed E-state index contributed by atoms with van der Waals surface area (Å²) in [6, 6.07) is 28.2. The zero-order chi connectivity index (χ0) is 40.4. The Morgan fingerprint density at radius 2 is 0.589 bits per heavy atom. The van der Waals surface area contributed by atoms with Gasteiger partial charge in [0.15, 0.2) is 0 Å². The van der Waals surface area contributed by atoms with Crippen LogP contribution in [0.5, 0.6) is 23.0 Å². The van der Waals surface area contributed by atoms with E-state index in [0.29, 0.717) is 23.7 Å². The Bertz CT molecular complexity index is 1670. The molecule has 4 nitrogen and oxygen atoms in total. The van der Waals surface area contributed by atoms with E-state index in [2.05, 4.69) is 128 Å². The fraction of sp³-hybridized carbons (Fsp3) is 0.538. The minimum absolute atomic E-state index is 0.0482. The zero-order valence-electron chi connectivity index (χ0n) is 36.7. The van der Waals surface area contributed by atoms with Gasteiger partial charge in [0, 0.05) is 10.8 Å². The Morgan fingerprint density at radius 3 is 0.768 bits per heavy atom. The lowest BCUT2D eigenvalue weighted by atomic mass is 9.57. The topological polar surface area (TPSA) is 36.9 Å². The predicted octanol–water partition coefficient (Wildman–Crippen LogP) is 13.9. The van der Waals surface area contributed by atoms with E-state index >= 15 is 0 Å². The average Bonchev–Trinajstić information content (AvgIpc) is 3.22. The highest BCUT2D eigenvalue weighted by atomic mass is 16.5. The van der Waals surface area contributed by atoms with E-state index in [1.807, 2.05) is 0 Å². The molecule has 0 radical (unpaired) electrons. The third-order valence-electron chi connectivity index (χ3n) is 14.1. The van der Waals surface area contributed by atoms with Crippen LogP contribution in [0.4, 0.5) is 0 Å². The second-order valence-corrected chi connectivity index (χ2v) is 18.3. The van der Waals surface area contributed by atoms with Crippen LogP contribution in [0, 0.1) is 11.8 Å². The highest BCUT2D eigenvalue weighted by molar-refractivity contribution is 5.52. The molecule has 0 heterocycles. The summed E-state index contributed by atoms with van der Waals surface area (Å²) in [6.45, 7) is 18.3. The van der Waals surface area contributed by atoms with Crippen LogP contribution in [-0.2, 0) is 10.8 Å². The maximum Gasteiger partial charge on any atom is 0.122 e. The van der Waals surface area contributed by atoms with Crippen molar-refractivity contribution in [2.45, 2.75) is 141 Å². The summed E-state index contributed by atoms with van der Waals surface area (Å²) in [7, 11) is 7.20. The highest BCUT2D eigenvalue weighted by Crippen LogP contribution is 2.55. The largest absolute Gasteiger partial charge is 0.496 e. The number of hydrogen-bond acceptors (Lipinski definition) is 4. The number of methoxy groups -OCH3 is 4. The summed E-state index contributed by atoms with van der Waals surface area (Å²) in [5.74, 6) is 6.93. The number of hydrogen-bond donors (Lipinski definition) is 0. The first kappa shape index (κ1) is 41.7. The molecule has 6 rings (SSSR count). The molecule has 0 saturated heterocycles. The van der Waals surface area contributed by atoms with Crippen LogP contribution in [0.1, 0.15) is 175 Å². The molecule has 0 unspecified atom stereocenters. The molecule has 0 bridgehead atoms.